The van der Waals surface area contributed by atoms with Crippen LogP contribution in [-0.4, -0.2) is 40.8 Å². The Balaban J connectivity index is 1.87. The van der Waals surface area contributed by atoms with Crippen LogP contribution in [0.1, 0.15) is 33.6 Å². The molecule has 17 heavy (non-hydrogen) atoms. The van der Waals surface area contributed by atoms with Gasteiger partial charge in [-0.25, -0.2) is 4.79 Å². The smallest absolute Gasteiger partial charge is 0.410 e. The van der Waals surface area contributed by atoms with Crippen LogP contribution in [0.5, 0.6) is 0 Å². The van der Waals surface area contributed by atoms with E-state index in [9.17, 15) is 9.59 Å². The number of carboxylic acids is 1. The van der Waals surface area contributed by atoms with Crippen molar-refractivity contribution in [3.05, 3.63) is 0 Å². The molecular formula is C12H19NO4. The first kappa shape index (κ1) is 12.2. The lowest BCUT2D eigenvalue weighted by molar-refractivity contribution is -0.169. The number of amides is 1. The highest BCUT2D eigenvalue weighted by Gasteiger charge is 2.59. The van der Waals surface area contributed by atoms with Gasteiger partial charge in [0.1, 0.15) is 5.60 Å². The number of hydrogen-bond acceptors (Lipinski definition) is 3. The van der Waals surface area contributed by atoms with Gasteiger partial charge < -0.3 is 14.7 Å². The number of rotatable bonds is 1. The molecule has 0 aromatic carbocycles. The molecular weight excluding hydrogens is 222 g/mol. The number of ether oxygens (including phenoxy) is 1. The molecule has 5 heteroatoms. The molecule has 0 radical (unpaired) electrons. The maximum absolute atomic E-state index is 11.7. The van der Waals surface area contributed by atoms with Gasteiger partial charge in [0.2, 0.25) is 0 Å². The van der Waals surface area contributed by atoms with E-state index in [1.54, 1.807) is 4.90 Å². The molecule has 1 aliphatic carbocycles. The molecule has 5 nitrogen and oxygen atoms in total. The molecule has 0 aromatic rings. The molecule has 0 bridgehead atoms. The molecule has 1 spiro atoms. The zero-order valence-electron chi connectivity index (χ0n) is 10.5. The molecule has 1 saturated heterocycles. The molecule has 1 N–H and O–H groups in total. The summed E-state index contributed by atoms with van der Waals surface area (Å²) in [5.74, 6) is -1.01. The third-order valence-corrected chi connectivity index (χ3v) is 3.63. The summed E-state index contributed by atoms with van der Waals surface area (Å²) in [6, 6.07) is 0. The summed E-state index contributed by atoms with van der Waals surface area (Å²) in [7, 11) is 0. The summed E-state index contributed by atoms with van der Waals surface area (Å²) in [5, 5.41) is 9.01. The lowest BCUT2D eigenvalue weighted by Gasteiger charge is -2.58. The van der Waals surface area contributed by atoms with Crippen molar-refractivity contribution in [1.82, 2.24) is 4.90 Å². The third-order valence-electron chi connectivity index (χ3n) is 3.63. The number of aliphatic carboxylic acids is 1. The Morgan fingerprint density at radius 2 is 1.94 bits per heavy atom. The highest BCUT2D eigenvalue weighted by Crippen LogP contribution is 2.53. The Morgan fingerprint density at radius 3 is 2.29 bits per heavy atom. The molecule has 2 fully saturated rings. The van der Waals surface area contributed by atoms with Crippen molar-refractivity contribution in [3.8, 4) is 0 Å². The Labute approximate surface area is 101 Å². The summed E-state index contributed by atoms with van der Waals surface area (Å²) in [6.45, 7) is 6.52. The van der Waals surface area contributed by atoms with Crippen LogP contribution in [0.2, 0.25) is 0 Å². The zero-order chi connectivity index (χ0) is 12.8. The molecule has 96 valence electrons. The van der Waals surface area contributed by atoms with Crippen molar-refractivity contribution in [3.63, 3.8) is 0 Å². The van der Waals surface area contributed by atoms with Gasteiger partial charge in [-0.15, -0.1) is 0 Å². The topological polar surface area (TPSA) is 66.8 Å². The Bertz CT molecular complexity index is 352. The standard InChI is InChI=1S/C12H19NO4/c1-11(2,3)17-10(16)13-6-12(7-13)5-4-8(12)9(14)15/h8H,4-7H2,1-3H3,(H,14,15). The summed E-state index contributed by atoms with van der Waals surface area (Å²) >= 11 is 0. The van der Waals surface area contributed by atoms with Crippen LogP contribution in [0, 0.1) is 11.3 Å². The van der Waals surface area contributed by atoms with Gasteiger partial charge in [0, 0.05) is 18.5 Å². The maximum atomic E-state index is 11.7. The fourth-order valence-electron chi connectivity index (χ4n) is 2.63. The molecule has 1 unspecified atom stereocenters. The van der Waals surface area contributed by atoms with Gasteiger partial charge in [0.25, 0.3) is 0 Å². The van der Waals surface area contributed by atoms with E-state index in [1.165, 1.54) is 0 Å². The zero-order valence-corrected chi connectivity index (χ0v) is 10.5. The molecule has 0 aromatic heterocycles. The predicted octanol–water partition coefficient (Wildman–Crippen LogP) is 1.72. The number of hydrogen-bond donors (Lipinski definition) is 1. The molecule has 1 amide bonds. The highest BCUT2D eigenvalue weighted by atomic mass is 16.6. The van der Waals surface area contributed by atoms with Gasteiger partial charge in [0.05, 0.1) is 5.92 Å². The lowest BCUT2D eigenvalue weighted by atomic mass is 9.56. The SMILES string of the molecule is CC(C)(C)OC(=O)N1CC2(CCC2C(=O)O)C1. The van der Waals surface area contributed by atoms with E-state index in [-0.39, 0.29) is 17.4 Å². The highest BCUT2D eigenvalue weighted by molar-refractivity contribution is 5.75. The van der Waals surface area contributed by atoms with Crippen LogP contribution < -0.4 is 0 Å². The van der Waals surface area contributed by atoms with Crippen LogP contribution in [-0.2, 0) is 9.53 Å². The minimum absolute atomic E-state index is 0.164. The average Bonchev–Trinajstić information content (AvgIpc) is 1.93. The number of carbonyl (C=O) groups excluding carboxylic acids is 1. The van der Waals surface area contributed by atoms with E-state index in [2.05, 4.69) is 0 Å². The van der Waals surface area contributed by atoms with Crippen LogP contribution in [0.4, 0.5) is 4.79 Å². The lowest BCUT2D eigenvalue weighted by Crippen LogP contribution is -2.67. The van der Waals surface area contributed by atoms with Gasteiger partial charge in [-0.05, 0) is 33.6 Å². The number of carboxylic acid groups (broad SMARTS) is 1. The van der Waals surface area contributed by atoms with Crippen molar-refractivity contribution in [2.75, 3.05) is 13.1 Å². The molecule has 2 aliphatic rings. The van der Waals surface area contributed by atoms with E-state index < -0.39 is 11.6 Å². The molecule has 1 saturated carbocycles. The minimum atomic E-state index is -0.736. The molecule has 1 aliphatic heterocycles. The van der Waals surface area contributed by atoms with Gasteiger partial charge in [-0.2, -0.15) is 0 Å². The van der Waals surface area contributed by atoms with Crippen molar-refractivity contribution >= 4 is 12.1 Å². The number of nitrogens with zero attached hydrogens (tertiary/aromatic N) is 1. The Morgan fingerprint density at radius 1 is 1.35 bits per heavy atom. The van der Waals surface area contributed by atoms with Gasteiger partial charge in [-0.1, -0.05) is 0 Å². The second kappa shape index (κ2) is 3.62. The molecule has 2 rings (SSSR count). The van der Waals surface area contributed by atoms with E-state index in [0.717, 1.165) is 12.8 Å². The number of likely N-dealkylation sites (tertiary alicyclic amines) is 1. The van der Waals surface area contributed by atoms with Gasteiger partial charge in [0.15, 0.2) is 0 Å². The monoisotopic (exact) mass is 241 g/mol. The number of carbonyl (C=O) groups is 2. The first-order chi connectivity index (χ1) is 7.73. The Kier molecular flexibility index (Phi) is 2.60. The fraction of sp³-hybridized carbons (Fsp3) is 0.833. The first-order valence-electron chi connectivity index (χ1n) is 5.94. The van der Waals surface area contributed by atoms with Crippen molar-refractivity contribution in [2.24, 2.45) is 11.3 Å². The maximum Gasteiger partial charge on any atom is 0.410 e. The third kappa shape index (κ3) is 2.10. The van der Waals surface area contributed by atoms with Crippen LogP contribution >= 0.6 is 0 Å². The van der Waals surface area contributed by atoms with E-state index >= 15 is 0 Å². The summed E-state index contributed by atoms with van der Waals surface area (Å²) < 4.78 is 5.24. The quantitative estimate of drug-likeness (QED) is 0.759. The largest absolute Gasteiger partial charge is 0.481 e. The second-order valence-electron chi connectivity index (χ2n) is 6.13. The van der Waals surface area contributed by atoms with E-state index in [0.29, 0.717) is 13.1 Å². The van der Waals surface area contributed by atoms with Crippen molar-refractivity contribution in [1.29, 1.82) is 0 Å². The molecule has 1 heterocycles. The van der Waals surface area contributed by atoms with Crippen LogP contribution in [0.3, 0.4) is 0 Å². The van der Waals surface area contributed by atoms with Crippen molar-refractivity contribution in [2.45, 2.75) is 39.2 Å². The van der Waals surface area contributed by atoms with Gasteiger partial charge >= 0.3 is 12.1 Å². The van der Waals surface area contributed by atoms with E-state index in [4.69, 9.17) is 9.84 Å². The Hall–Kier alpha value is -1.26. The summed E-state index contributed by atoms with van der Waals surface area (Å²) in [4.78, 5) is 24.3. The molecule has 1 atom stereocenters. The average molecular weight is 241 g/mol. The summed E-state index contributed by atoms with van der Waals surface area (Å²) in [6.07, 6.45) is 1.31. The van der Waals surface area contributed by atoms with Gasteiger partial charge in [-0.3, -0.25) is 4.79 Å². The van der Waals surface area contributed by atoms with Crippen LogP contribution in [0.25, 0.3) is 0 Å². The van der Waals surface area contributed by atoms with Crippen LogP contribution in [0.15, 0.2) is 0 Å². The predicted molar refractivity (Wildman–Crippen MR) is 60.6 cm³/mol. The minimum Gasteiger partial charge on any atom is -0.481 e. The van der Waals surface area contributed by atoms with E-state index in [1.807, 2.05) is 20.8 Å². The summed E-state index contributed by atoms with van der Waals surface area (Å²) in [5.41, 5.74) is -0.658. The normalized spacial score (nSPS) is 26.1. The first-order valence-corrected chi connectivity index (χ1v) is 5.94. The second-order valence-corrected chi connectivity index (χ2v) is 6.13. The fourth-order valence-corrected chi connectivity index (χ4v) is 2.63. The van der Waals surface area contributed by atoms with Crippen molar-refractivity contribution < 1.29 is 19.4 Å².